The van der Waals surface area contributed by atoms with Gasteiger partial charge in [-0.3, -0.25) is 0 Å². The molecule has 0 N–H and O–H groups in total. The van der Waals surface area contributed by atoms with E-state index < -0.39 is 8.07 Å². The summed E-state index contributed by atoms with van der Waals surface area (Å²) in [6.07, 6.45) is 0. The summed E-state index contributed by atoms with van der Waals surface area (Å²) in [6.45, 7) is 0. The average molecular weight is 754 g/mol. The molecular formula is C56H39NSi. The molecule has 0 amide bonds. The third kappa shape index (κ3) is 5.30. The highest BCUT2D eigenvalue weighted by atomic mass is 28.3. The number of rotatable bonds is 7. The van der Waals surface area contributed by atoms with Crippen molar-refractivity contribution in [2.24, 2.45) is 0 Å². The minimum Gasteiger partial charge on any atom is -0.310 e. The second-order valence-electron chi connectivity index (χ2n) is 15.2. The SMILES string of the molecule is c1ccc(-c2cccc3cccc(-c4ccc(N(c5ccccc5)c5cccc6ccc7c(c56)-c5ccccc5[Si]7(c5ccccc5)c5ccccc5)cc4)c23)cc1. The van der Waals surface area contributed by atoms with Gasteiger partial charge in [0.2, 0.25) is 0 Å². The van der Waals surface area contributed by atoms with E-state index in [-0.39, 0.29) is 0 Å². The van der Waals surface area contributed by atoms with Gasteiger partial charge >= 0.3 is 0 Å². The predicted octanol–water partition coefficient (Wildman–Crippen LogP) is 12.2. The molecule has 10 aromatic rings. The first-order valence-electron chi connectivity index (χ1n) is 20.1. The third-order valence-electron chi connectivity index (χ3n) is 12.1. The van der Waals surface area contributed by atoms with E-state index in [9.17, 15) is 0 Å². The molecule has 1 heterocycles. The fourth-order valence-electron chi connectivity index (χ4n) is 9.71. The van der Waals surface area contributed by atoms with Gasteiger partial charge in [0.15, 0.2) is 8.07 Å². The first kappa shape index (κ1) is 34.0. The van der Waals surface area contributed by atoms with Gasteiger partial charge < -0.3 is 4.90 Å². The number of hydrogen-bond donors (Lipinski definition) is 0. The molecule has 272 valence electrons. The van der Waals surface area contributed by atoms with Crippen molar-refractivity contribution in [3.05, 3.63) is 237 Å². The number of benzene rings is 10. The van der Waals surface area contributed by atoms with Gasteiger partial charge in [-0.15, -0.1) is 0 Å². The zero-order chi connectivity index (χ0) is 38.5. The monoisotopic (exact) mass is 753 g/mol. The van der Waals surface area contributed by atoms with E-state index in [2.05, 4.69) is 241 Å². The molecule has 0 bridgehead atoms. The molecule has 0 saturated heterocycles. The second-order valence-corrected chi connectivity index (χ2v) is 18.9. The van der Waals surface area contributed by atoms with E-state index in [0.29, 0.717) is 0 Å². The van der Waals surface area contributed by atoms with Crippen molar-refractivity contribution in [3.8, 4) is 33.4 Å². The third-order valence-corrected chi connectivity index (χ3v) is 17.0. The maximum Gasteiger partial charge on any atom is 0.180 e. The van der Waals surface area contributed by atoms with Crippen molar-refractivity contribution >= 4 is 67.4 Å². The lowest BCUT2D eigenvalue weighted by Gasteiger charge is -2.32. The molecule has 1 aliphatic rings. The average Bonchev–Trinajstić information content (AvgIpc) is 3.61. The van der Waals surface area contributed by atoms with Crippen LogP contribution in [0.3, 0.4) is 0 Å². The summed E-state index contributed by atoms with van der Waals surface area (Å²) in [7, 11) is -2.67. The Balaban J connectivity index is 1.14. The van der Waals surface area contributed by atoms with E-state index in [1.165, 1.54) is 81.4 Å². The van der Waals surface area contributed by atoms with Crippen LogP contribution >= 0.6 is 0 Å². The summed E-state index contributed by atoms with van der Waals surface area (Å²) in [5.41, 5.74) is 11.0. The number of hydrogen-bond acceptors (Lipinski definition) is 1. The summed E-state index contributed by atoms with van der Waals surface area (Å²) in [5.74, 6) is 0. The number of fused-ring (bicyclic) bond motifs is 6. The van der Waals surface area contributed by atoms with Crippen LogP contribution in [-0.2, 0) is 0 Å². The largest absolute Gasteiger partial charge is 0.310 e. The Kier molecular flexibility index (Phi) is 8.23. The summed E-state index contributed by atoms with van der Waals surface area (Å²) >= 11 is 0. The molecule has 2 heteroatoms. The highest BCUT2D eigenvalue weighted by Crippen LogP contribution is 2.45. The Labute approximate surface area is 340 Å². The highest BCUT2D eigenvalue weighted by Gasteiger charge is 2.49. The molecule has 0 aromatic heterocycles. The molecule has 0 aliphatic carbocycles. The molecule has 11 rings (SSSR count). The number of anilines is 3. The lowest BCUT2D eigenvalue weighted by molar-refractivity contribution is 1.30. The zero-order valence-electron chi connectivity index (χ0n) is 32.0. The van der Waals surface area contributed by atoms with Crippen molar-refractivity contribution in [1.29, 1.82) is 0 Å². The van der Waals surface area contributed by atoms with Crippen LogP contribution < -0.4 is 25.6 Å². The minimum atomic E-state index is -2.67. The van der Waals surface area contributed by atoms with Gasteiger partial charge in [-0.05, 0) is 101 Å². The molecule has 58 heavy (non-hydrogen) atoms. The quantitative estimate of drug-likeness (QED) is 0.147. The molecule has 10 aromatic carbocycles. The molecule has 0 saturated carbocycles. The summed E-state index contributed by atoms with van der Waals surface area (Å²) in [6, 6.07) is 87.5. The molecule has 0 radical (unpaired) electrons. The summed E-state index contributed by atoms with van der Waals surface area (Å²) in [4.78, 5) is 2.46. The van der Waals surface area contributed by atoms with E-state index in [4.69, 9.17) is 0 Å². The lowest BCUT2D eigenvalue weighted by Crippen LogP contribution is -2.72. The van der Waals surface area contributed by atoms with Gasteiger partial charge in [0.1, 0.15) is 0 Å². The van der Waals surface area contributed by atoms with Crippen LogP contribution in [0.1, 0.15) is 0 Å². The predicted molar refractivity (Wildman–Crippen MR) is 250 cm³/mol. The van der Waals surface area contributed by atoms with Crippen molar-refractivity contribution in [2.45, 2.75) is 0 Å². The first-order chi connectivity index (χ1) is 28.8. The van der Waals surface area contributed by atoms with Gasteiger partial charge in [-0.25, -0.2) is 0 Å². The van der Waals surface area contributed by atoms with Crippen molar-refractivity contribution < 1.29 is 0 Å². The van der Waals surface area contributed by atoms with E-state index in [1.807, 2.05) is 0 Å². The van der Waals surface area contributed by atoms with Gasteiger partial charge in [-0.2, -0.15) is 0 Å². The second kappa shape index (κ2) is 14.0. The number of para-hydroxylation sites is 1. The van der Waals surface area contributed by atoms with Crippen LogP contribution in [0.2, 0.25) is 0 Å². The molecule has 1 nitrogen and oxygen atoms in total. The van der Waals surface area contributed by atoms with Gasteiger partial charge in [0.25, 0.3) is 0 Å². The molecule has 1 aliphatic heterocycles. The maximum atomic E-state index is 2.46. The van der Waals surface area contributed by atoms with Crippen molar-refractivity contribution in [3.63, 3.8) is 0 Å². The Morgan fingerprint density at radius 1 is 0.293 bits per heavy atom. The fraction of sp³-hybridized carbons (Fsp3) is 0. The molecule has 0 spiro atoms. The Hall–Kier alpha value is -7.26. The zero-order valence-corrected chi connectivity index (χ0v) is 33.0. The molecule has 0 unspecified atom stereocenters. The summed E-state index contributed by atoms with van der Waals surface area (Å²) < 4.78 is 0. The lowest BCUT2D eigenvalue weighted by atomic mass is 9.91. The van der Waals surface area contributed by atoms with E-state index in [0.717, 1.165) is 11.4 Å². The Morgan fingerprint density at radius 2 is 0.776 bits per heavy atom. The fourth-order valence-corrected chi connectivity index (χ4v) is 14.9. The van der Waals surface area contributed by atoms with Gasteiger partial charge in [0, 0.05) is 16.8 Å². The van der Waals surface area contributed by atoms with Gasteiger partial charge in [0.05, 0.1) is 5.69 Å². The minimum absolute atomic E-state index is 1.12. The van der Waals surface area contributed by atoms with Gasteiger partial charge in [-0.1, -0.05) is 206 Å². The Morgan fingerprint density at radius 3 is 1.41 bits per heavy atom. The van der Waals surface area contributed by atoms with Crippen LogP contribution in [0.4, 0.5) is 17.1 Å². The molecular weight excluding hydrogens is 715 g/mol. The maximum absolute atomic E-state index is 2.67. The smallest absolute Gasteiger partial charge is 0.180 e. The topological polar surface area (TPSA) is 3.24 Å². The van der Waals surface area contributed by atoms with Crippen LogP contribution in [0, 0.1) is 0 Å². The molecule has 0 fully saturated rings. The van der Waals surface area contributed by atoms with Crippen LogP contribution in [0.25, 0.3) is 54.9 Å². The standard InChI is InChI=1S/C56H39NSi/c1-5-18-40(19-6-1)48-30-15-20-42-21-16-31-49(54(42)48)41-34-37-45(38-35-41)57(44-23-7-2-8-24-44)51-32-17-22-43-36-39-53-56(55(43)51)50-29-13-14-33-52(50)58(53,46-25-9-3-10-26-46)47-27-11-4-12-28-47/h1-39H. The van der Waals surface area contributed by atoms with Crippen molar-refractivity contribution in [1.82, 2.24) is 0 Å². The Bertz CT molecular complexity index is 3040. The van der Waals surface area contributed by atoms with E-state index in [1.54, 1.807) is 0 Å². The van der Waals surface area contributed by atoms with E-state index >= 15 is 0 Å². The van der Waals surface area contributed by atoms with Crippen LogP contribution in [0.15, 0.2) is 237 Å². The first-order valence-corrected chi connectivity index (χ1v) is 22.1. The van der Waals surface area contributed by atoms with Crippen LogP contribution in [0.5, 0.6) is 0 Å². The molecule has 0 atom stereocenters. The van der Waals surface area contributed by atoms with Crippen LogP contribution in [-0.4, -0.2) is 8.07 Å². The number of nitrogens with zero attached hydrogens (tertiary/aromatic N) is 1. The highest BCUT2D eigenvalue weighted by molar-refractivity contribution is 7.22. The normalized spacial score (nSPS) is 12.6. The van der Waals surface area contributed by atoms with Crippen molar-refractivity contribution in [2.75, 3.05) is 4.90 Å². The summed E-state index contributed by atoms with van der Waals surface area (Å²) in [5, 5.41) is 10.7.